The lowest BCUT2D eigenvalue weighted by Crippen LogP contribution is -2.23. The van der Waals surface area contributed by atoms with Gasteiger partial charge in [-0.15, -0.1) is 0 Å². The number of likely N-dealkylation sites (N-methyl/N-ethyl adjacent to an activating group) is 1. The van der Waals surface area contributed by atoms with Gasteiger partial charge in [-0.05, 0) is 19.9 Å². The van der Waals surface area contributed by atoms with Crippen molar-refractivity contribution < 1.29 is 5.11 Å². The molecule has 1 aliphatic heterocycles. The lowest BCUT2D eigenvalue weighted by Gasteiger charge is -2.26. The van der Waals surface area contributed by atoms with E-state index in [1.807, 2.05) is 0 Å². The van der Waals surface area contributed by atoms with Gasteiger partial charge in [-0.25, -0.2) is 0 Å². The molecule has 1 N–H and O–H groups in total. The maximum absolute atomic E-state index is 9.71. The van der Waals surface area contributed by atoms with Crippen molar-refractivity contribution in [2.75, 3.05) is 25.9 Å². The first-order valence-corrected chi connectivity index (χ1v) is 6.29. The molecule has 2 aliphatic rings. The molecule has 2 atom stereocenters. The first kappa shape index (κ1) is 9.81. The molecule has 0 aromatic rings. The van der Waals surface area contributed by atoms with Crippen LogP contribution in [-0.2, 0) is 0 Å². The van der Waals surface area contributed by atoms with E-state index in [-0.39, 0.29) is 6.10 Å². The van der Waals surface area contributed by atoms with Crippen LogP contribution in [0.4, 0.5) is 0 Å². The molecule has 2 nitrogen and oxygen atoms in total. The molecule has 0 aromatic carbocycles. The molecular formula is C10H19NOS. The van der Waals surface area contributed by atoms with Crippen LogP contribution in [0, 0.1) is 5.92 Å². The summed E-state index contributed by atoms with van der Waals surface area (Å²) < 4.78 is 0. The largest absolute Gasteiger partial charge is 0.391 e. The Labute approximate surface area is 84.7 Å². The fourth-order valence-corrected chi connectivity index (χ4v) is 3.54. The van der Waals surface area contributed by atoms with Gasteiger partial charge in [0.1, 0.15) is 0 Å². The second kappa shape index (κ2) is 4.20. The summed E-state index contributed by atoms with van der Waals surface area (Å²) >= 11 is 2.08. The number of β-amino-alcohol motifs (C(OH)–C–C–N with tert-alkyl or cyclic N) is 1. The van der Waals surface area contributed by atoms with Gasteiger partial charge in [0.2, 0.25) is 0 Å². The molecule has 76 valence electrons. The minimum absolute atomic E-state index is 0.0717. The predicted molar refractivity (Wildman–Crippen MR) is 57.1 cm³/mol. The number of thioether (sulfide) groups is 1. The van der Waals surface area contributed by atoms with Gasteiger partial charge in [0.25, 0.3) is 0 Å². The zero-order valence-electron chi connectivity index (χ0n) is 8.28. The van der Waals surface area contributed by atoms with Crippen molar-refractivity contribution in [3.63, 3.8) is 0 Å². The lowest BCUT2D eigenvalue weighted by molar-refractivity contribution is 0.152. The molecular weight excluding hydrogens is 182 g/mol. The summed E-state index contributed by atoms with van der Waals surface area (Å²) in [4.78, 5) is 2.23. The van der Waals surface area contributed by atoms with Crippen LogP contribution in [0.2, 0.25) is 0 Å². The minimum atomic E-state index is -0.0717. The van der Waals surface area contributed by atoms with Gasteiger partial charge in [-0.1, -0.05) is 6.42 Å². The van der Waals surface area contributed by atoms with Crippen LogP contribution in [0.25, 0.3) is 0 Å². The van der Waals surface area contributed by atoms with Crippen LogP contribution in [0.3, 0.4) is 0 Å². The Morgan fingerprint density at radius 1 is 1.38 bits per heavy atom. The van der Waals surface area contributed by atoms with E-state index in [1.54, 1.807) is 0 Å². The summed E-state index contributed by atoms with van der Waals surface area (Å²) in [5.41, 5.74) is 0. The molecule has 1 saturated heterocycles. The molecule has 13 heavy (non-hydrogen) atoms. The van der Waals surface area contributed by atoms with Crippen LogP contribution in [0.1, 0.15) is 19.3 Å². The van der Waals surface area contributed by atoms with Crippen molar-refractivity contribution in [2.45, 2.75) is 30.6 Å². The van der Waals surface area contributed by atoms with E-state index in [4.69, 9.17) is 0 Å². The number of hydrogen-bond acceptors (Lipinski definition) is 3. The second-order valence-electron chi connectivity index (χ2n) is 4.43. The Morgan fingerprint density at radius 2 is 2.15 bits per heavy atom. The summed E-state index contributed by atoms with van der Waals surface area (Å²) in [7, 11) is 2.09. The molecule has 0 unspecified atom stereocenters. The van der Waals surface area contributed by atoms with Gasteiger partial charge in [-0.3, -0.25) is 0 Å². The van der Waals surface area contributed by atoms with Crippen LogP contribution in [0.5, 0.6) is 0 Å². The van der Waals surface area contributed by atoms with Crippen molar-refractivity contribution >= 4 is 11.8 Å². The van der Waals surface area contributed by atoms with Crippen molar-refractivity contribution in [3.05, 3.63) is 0 Å². The Kier molecular flexibility index (Phi) is 3.17. The van der Waals surface area contributed by atoms with Gasteiger partial charge in [0.15, 0.2) is 0 Å². The molecule has 1 saturated carbocycles. The van der Waals surface area contributed by atoms with E-state index < -0.39 is 0 Å². The number of hydrogen-bond donors (Lipinski definition) is 1. The highest BCUT2D eigenvalue weighted by molar-refractivity contribution is 7.99. The Balaban J connectivity index is 1.68. The zero-order chi connectivity index (χ0) is 9.26. The van der Waals surface area contributed by atoms with Crippen LogP contribution in [-0.4, -0.2) is 47.3 Å². The minimum Gasteiger partial charge on any atom is -0.391 e. The van der Waals surface area contributed by atoms with Gasteiger partial charge in [0.05, 0.1) is 6.10 Å². The van der Waals surface area contributed by atoms with Crippen LogP contribution < -0.4 is 0 Å². The van der Waals surface area contributed by atoms with Gasteiger partial charge < -0.3 is 10.0 Å². The summed E-state index contributed by atoms with van der Waals surface area (Å²) in [6, 6.07) is 0. The molecule has 2 fully saturated rings. The van der Waals surface area contributed by atoms with Crippen LogP contribution in [0.15, 0.2) is 0 Å². The number of aliphatic hydroxyl groups is 1. The molecule has 0 bridgehead atoms. The highest BCUT2D eigenvalue weighted by Crippen LogP contribution is 2.33. The Morgan fingerprint density at radius 3 is 2.62 bits per heavy atom. The van der Waals surface area contributed by atoms with E-state index in [9.17, 15) is 5.11 Å². The zero-order valence-corrected chi connectivity index (χ0v) is 9.09. The third-order valence-electron chi connectivity index (χ3n) is 3.19. The fraction of sp³-hybridized carbons (Fsp3) is 1.00. The monoisotopic (exact) mass is 201 g/mol. The molecule has 3 heteroatoms. The van der Waals surface area contributed by atoms with E-state index in [0.29, 0.717) is 5.92 Å². The lowest BCUT2D eigenvalue weighted by atomic mass is 10.00. The number of rotatable bonds is 3. The highest BCUT2D eigenvalue weighted by Gasteiger charge is 2.30. The SMILES string of the molecule is CN1C[C@H](CSC2CCC2)[C@@H](O)C1. The summed E-state index contributed by atoms with van der Waals surface area (Å²) in [6.45, 7) is 1.96. The standard InChI is InChI=1S/C10H19NOS/c1-11-5-8(10(12)6-11)7-13-9-3-2-4-9/h8-10,12H,2-7H2,1H3/t8-,10+/m1/s1. The van der Waals surface area contributed by atoms with Crippen molar-refractivity contribution in [1.82, 2.24) is 4.90 Å². The fourth-order valence-electron chi connectivity index (χ4n) is 2.03. The average molecular weight is 201 g/mol. The van der Waals surface area contributed by atoms with Crippen molar-refractivity contribution in [1.29, 1.82) is 0 Å². The number of aliphatic hydroxyl groups excluding tert-OH is 1. The third kappa shape index (κ3) is 2.39. The topological polar surface area (TPSA) is 23.5 Å². The first-order valence-electron chi connectivity index (χ1n) is 5.24. The second-order valence-corrected chi connectivity index (χ2v) is 5.77. The van der Waals surface area contributed by atoms with Gasteiger partial charge in [0, 0.05) is 30.0 Å². The summed E-state index contributed by atoms with van der Waals surface area (Å²) in [5, 5.41) is 10.6. The van der Waals surface area contributed by atoms with E-state index in [0.717, 1.165) is 24.1 Å². The van der Waals surface area contributed by atoms with E-state index in [2.05, 4.69) is 23.7 Å². The van der Waals surface area contributed by atoms with E-state index >= 15 is 0 Å². The van der Waals surface area contributed by atoms with Crippen molar-refractivity contribution in [3.8, 4) is 0 Å². The molecule has 1 heterocycles. The summed E-state index contributed by atoms with van der Waals surface area (Å²) in [5.74, 6) is 1.69. The number of nitrogens with zero attached hydrogens (tertiary/aromatic N) is 1. The third-order valence-corrected chi connectivity index (χ3v) is 4.75. The molecule has 0 amide bonds. The predicted octanol–water partition coefficient (Wildman–Crippen LogP) is 1.19. The Bertz CT molecular complexity index is 172. The van der Waals surface area contributed by atoms with Gasteiger partial charge >= 0.3 is 0 Å². The van der Waals surface area contributed by atoms with Crippen molar-refractivity contribution in [2.24, 2.45) is 5.92 Å². The molecule has 0 aromatic heterocycles. The smallest absolute Gasteiger partial charge is 0.0715 e. The normalized spacial score (nSPS) is 36.5. The van der Waals surface area contributed by atoms with Crippen LogP contribution >= 0.6 is 11.8 Å². The maximum Gasteiger partial charge on any atom is 0.0715 e. The number of likely N-dealkylation sites (tertiary alicyclic amines) is 1. The average Bonchev–Trinajstić information content (AvgIpc) is 2.27. The molecule has 0 spiro atoms. The molecule has 2 rings (SSSR count). The molecule has 0 radical (unpaired) electrons. The quantitative estimate of drug-likeness (QED) is 0.742. The van der Waals surface area contributed by atoms with E-state index in [1.165, 1.54) is 19.3 Å². The highest BCUT2D eigenvalue weighted by atomic mass is 32.2. The van der Waals surface area contributed by atoms with Gasteiger partial charge in [-0.2, -0.15) is 11.8 Å². The summed E-state index contributed by atoms with van der Waals surface area (Å²) in [6.07, 6.45) is 4.16. The maximum atomic E-state index is 9.71. The first-order chi connectivity index (χ1) is 6.25. The Hall–Kier alpha value is 0.270. The molecule has 1 aliphatic carbocycles.